The van der Waals surface area contributed by atoms with Crippen molar-refractivity contribution in [3.8, 4) is 11.5 Å². The van der Waals surface area contributed by atoms with Crippen molar-refractivity contribution >= 4 is 17.9 Å². The van der Waals surface area contributed by atoms with Crippen LogP contribution < -0.4 is 14.4 Å². The molecular weight excluding hydrogens is 332 g/mol. The van der Waals surface area contributed by atoms with Crippen molar-refractivity contribution in [1.82, 2.24) is 4.90 Å². The summed E-state index contributed by atoms with van der Waals surface area (Å²) in [5.41, 5.74) is 1.73. The van der Waals surface area contributed by atoms with Gasteiger partial charge in [0.25, 0.3) is 5.91 Å². The Morgan fingerprint density at radius 2 is 1.73 bits per heavy atom. The van der Waals surface area contributed by atoms with E-state index in [0.29, 0.717) is 30.2 Å². The zero-order valence-electron chi connectivity index (χ0n) is 14.8. The number of rotatable bonds is 6. The zero-order chi connectivity index (χ0) is 18.4. The largest absolute Gasteiger partial charge is 0.497 e. The Bertz CT molecular complexity index is 753. The Morgan fingerprint density at radius 1 is 1.04 bits per heavy atom. The SMILES string of the molecule is COc1cccc(OCC(=O)N2CCN(c3ccc(C=O)cc3)CC2)c1. The number of anilines is 1. The van der Waals surface area contributed by atoms with Gasteiger partial charge in [0.2, 0.25) is 0 Å². The quantitative estimate of drug-likeness (QED) is 0.745. The highest BCUT2D eigenvalue weighted by Gasteiger charge is 2.21. The Balaban J connectivity index is 1.49. The molecule has 0 spiro atoms. The fourth-order valence-corrected chi connectivity index (χ4v) is 2.91. The highest BCUT2D eigenvalue weighted by atomic mass is 16.5. The fraction of sp³-hybridized carbons (Fsp3) is 0.300. The van der Waals surface area contributed by atoms with Crippen LogP contribution in [0.3, 0.4) is 0 Å². The predicted octanol–water partition coefficient (Wildman–Crippen LogP) is 2.24. The number of carbonyl (C=O) groups excluding carboxylic acids is 2. The third-order valence-electron chi connectivity index (χ3n) is 4.43. The topological polar surface area (TPSA) is 59.1 Å². The molecule has 2 aromatic rings. The minimum absolute atomic E-state index is 0.0151. The first-order chi connectivity index (χ1) is 12.7. The van der Waals surface area contributed by atoms with Crippen LogP contribution in [-0.2, 0) is 4.79 Å². The highest BCUT2D eigenvalue weighted by Crippen LogP contribution is 2.19. The maximum absolute atomic E-state index is 12.4. The molecular formula is C20H22N2O4. The Labute approximate surface area is 152 Å². The van der Waals surface area contributed by atoms with Crippen LogP contribution in [0.25, 0.3) is 0 Å². The molecule has 6 heteroatoms. The number of ether oxygens (including phenoxy) is 2. The molecule has 26 heavy (non-hydrogen) atoms. The highest BCUT2D eigenvalue weighted by molar-refractivity contribution is 5.78. The van der Waals surface area contributed by atoms with Crippen LogP contribution in [0.1, 0.15) is 10.4 Å². The van der Waals surface area contributed by atoms with Crippen molar-refractivity contribution < 1.29 is 19.1 Å². The smallest absolute Gasteiger partial charge is 0.260 e. The summed E-state index contributed by atoms with van der Waals surface area (Å²) in [5, 5.41) is 0. The number of piperazine rings is 1. The van der Waals surface area contributed by atoms with Gasteiger partial charge in [0.05, 0.1) is 7.11 Å². The van der Waals surface area contributed by atoms with E-state index in [1.54, 1.807) is 19.2 Å². The van der Waals surface area contributed by atoms with E-state index in [9.17, 15) is 9.59 Å². The number of aldehydes is 1. The molecule has 2 aromatic carbocycles. The van der Waals surface area contributed by atoms with E-state index in [4.69, 9.17) is 9.47 Å². The molecule has 6 nitrogen and oxygen atoms in total. The molecule has 0 bridgehead atoms. The second-order valence-electron chi connectivity index (χ2n) is 6.04. The summed E-state index contributed by atoms with van der Waals surface area (Å²) in [6.45, 7) is 2.82. The number of amides is 1. The van der Waals surface area contributed by atoms with Crippen molar-refractivity contribution in [3.05, 3.63) is 54.1 Å². The zero-order valence-corrected chi connectivity index (χ0v) is 14.8. The van der Waals surface area contributed by atoms with Crippen molar-refractivity contribution in [1.29, 1.82) is 0 Å². The van der Waals surface area contributed by atoms with Crippen LogP contribution in [0.5, 0.6) is 11.5 Å². The molecule has 1 aliphatic heterocycles. The van der Waals surface area contributed by atoms with Crippen molar-refractivity contribution in [2.24, 2.45) is 0 Å². The van der Waals surface area contributed by atoms with Gasteiger partial charge in [0, 0.05) is 43.5 Å². The summed E-state index contributed by atoms with van der Waals surface area (Å²) >= 11 is 0. The van der Waals surface area contributed by atoms with Gasteiger partial charge in [-0.2, -0.15) is 0 Å². The lowest BCUT2D eigenvalue weighted by Crippen LogP contribution is -2.50. The third-order valence-corrected chi connectivity index (χ3v) is 4.43. The molecule has 3 rings (SSSR count). The lowest BCUT2D eigenvalue weighted by molar-refractivity contribution is -0.133. The van der Waals surface area contributed by atoms with Gasteiger partial charge in [-0.05, 0) is 36.4 Å². The molecule has 0 aliphatic carbocycles. The van der Waals surface area contributed by atoms with Crippen molar-refractivity contribution in [2.75, 3.05) is 44.8 Å². The van der Waals surface area contributed by atoms with Gasteiger partial charge in [-0.3, -0.25) is 9.59 Å². The molecule has 1 aliphatic rings. The number of methoxy groups -OCH3 is 1. The van der Waals surface area contributed by atoms with Gasteiger partial charge in [-0.1, -0.05) is 6.07 Å². The van der Waals surface area contributed by atoms with Crippen LogP contribution in [0.2, 0.25) is 0 Å². The summed E-state index contributed by atoms with van der Waals surface area (Å²) < 4.78 is 10.7. The molecule has 136 valence electrons. The van der Waals surface area contributed by atoms with E-state index in [-0.39, 0.29) is 12.5 Å². The third kappa shape index (κ3) is 4.33. The molecule has 1 fully saturated rings. The first kappa shape index (κ1) is 17.8. The average Bonchev–Trinajstić information content (AvgIpc) is 2.72. The molecule has 0 aromatic heterocycles. The second-order valence-corrected chi connectivity index (χ2v) is 6.04. The molecule has 1 amide bonds. The molecule has 0 atom stereocenters. The summed E-state index contributed by atoms with van der Waals surface area (Å²) in [6.07, 6.45) is 0.836. The lowest BCUT2D eigenvalue weighted by atomic mass is 10.2. The summed E-state index contributed by atoms with van der Waals surface area (Å²) in [5.74, 6) is 1.29. The van der Waals surface area contributed by atoms with Gasteiger partial charge < -0.3 is 19.3 Å². The number of hydrogen-bond donors (Lipinski definition) is 0. The molecule has 1 heterocycles. The average molecular weight is 354 g/mol. The summed E-state index contributed by atoms with van der Waals surface area (Å²) in [7, 11) is 1.59. The normalized spacial score (nSPS) is 14.0. The Morgan fingerprint density at radius 3 is 2.38 bits per heavy atom. The Kier molecular flexibility index (Phi) is 5.73. The van der Waals surface area contributed by atoms with Gasteiger partial charge >= 0.3 is 0 Å². The van der Waals surface area contributed by atoms with Crippen LogP contribution in [0.15, 0.2) is 48.5 Å². The minimum Gasteiger partial charge on any atom is -0.497 e. The van der Waals surface area contributed by atoms with E-state index in [0.717, 1.165) is 25.1 Å². The van der Waals surface area contributed by atoms with Gasteiger partial charge in [-0.25, -0.2) is 0 Å². The standard InChI is InChI=1S/C20H22N2O4/c1-25-18-3-2-4-19(13-18)26-15-20(24)22-11-9-21(10-12-22)17-7-5-16(14-23)6-8-17/h2-8,13-14H,9-12,15H2,1H3. The number of hydrogen-bond acceptors (Lipinski definition) is 5. The van der Waals surface area contributed by atoms with E-state index in [1.807, 2.05) is 41.3 Å². The first-order valence-electron chi connectivity index (χ1n) is 8.54. The Hall–Kier alpha value is -3.02. The molecule has 1 saturated heterocycles. The summed E-state index contributed by atoms with van der Waals surface area (Å²) in [6, 6.07) is 14.7. The van der Waals surface area contributed by atoms with E-state index in [2.05, 4.69) is 4.90 Å². The minimum atomic E-state index is -0.0243. The van der Waals surface area contributed by atoms with Crippen LogP contribution in [-0.4, -0.2) is 57.0 Å². The maximum Gasteiger partial charge on any atom is 0.260 e. The summed E-state index contributed by atoms with van der Waals surface area (Å²) in [4.78, 5) is 27.1. The predicted molar refractivity (Wildman–Crippen MR) is 99.1 cm³/mol. The molecule has 0 N–H and O–H groups in total. The van der Waals surface area contributed by atoms with Gasteiger partial charge in [0.15, 0.2) is 6.61 Å². The van der Waals surface area contributed by atoms with E-state index < -0.39 is 0 Å². The van der Waals surface area contributed by atoms with Crippen LogP contribution >= 0.6 is 0 Å². The monoisotopic (exact) mass is 354 g/mol. The molecule has 0 saturated carbocycles. The van der Waals surface area contributed by atoms with Gasteiger partial charge in [-0.15, -0.1) is 0 Å². The lowest BCUT2D eigenvalue weighted by Gasteiger charge is -2.36. The maximum atomic E-state index is 12.4. The molecule has 0 radical (unpaired) electrons. The van der Waals surface area contributed by atoms with Crippen molar-refractivity contribution in [2.45, 2.75) is 0 Å². The number of benzene rings is 2. The van der Waals surface area contributed by atoms with Crippen molar-refractivity contribution in [3.63, 3.8) is 0 Å². The van der Waals surface area contributed by atoms with Crippen LogP contribution in [0.4, 0.5) is 5.69 Å². The molecule has 0 unspecified atom stereocenters. The fourth-order valence-electron chi connectivity index (χ4n) is 2.91. The second kappa shape index (κ2) is 8.38. The van der Waals surface area contributed by atoms with E-state index in [1.165, 1.54) is 0 Å². The number of nitrogens with zero attached hydrogens (tertiary/aromatic N) is 2. The van der Waals surface area contributed by atoms with E-state index >= 15 is 0 Å². The van der Waals surface area contributed by atoms with Crippen LogP contribution in [0, 0.1) is 0 Å². The number of carbonyl (C=O) groups is 2. The van der Waals surface area contributed by atoms with Gasteiger partial charge in [0.1, 0.15) is 17.8 Å². The first-order valence-corrected chi connectivity index (χ1v) is 8.54.